The zero-order chi connectivity index (χ0) is 10.6. The van der Waals surface area contributed by atoms with Crippen LogP contribution in [0.2, 0.25) is 0 Å². The maximum atomic E-state index is 8.69. The third kappa shape index (κ3) is 3.04. The lowest BCUT2D eigenvalue weighted by molar-refractivity contribution is 0.311. The van der Waals surface area contributed by atoms with Crippen molar-refractivity contribution in [2.75, 3.05) is 18.5 Å². The largest absolute Gasteiger partial charge is 0.395 e. The molecule has 0 aliphatic heterocycles. The Morgan fingerprint density at radius 2 is 2.00 bits per heavy atom. The van der Waals surface area contributed by atoms with Gasteiger partial charge in [-0.25, -0.2) is 0 Å². The SMILES string of the molecule is CC(C)(C)c1cccc(NCCO)c1. The van der Waals surface area contributed by atoms with E-state index in [1.165, 1.54) is 5.56 Å². The van der Waals surface area contributed by atoms with Crippen LogP contribution in [0, 0.1) is 0 Å². The summed E-state index contributed by atoms with van der Waals surface area (Å²) in [7, 11) is 0. The Bertz CT molecular complexity index is 289. The van der Waals surface area contributed by atoms with Gasteiger partial charge in [0.05, 0.1) is 6.61 Å². The van der Waals surface area contributed by atoms with Gasteiger partial charge in [0, 0.05) is 12.2 Å². The van der Waals surface area contributed by atoms with Gasteiger partial charge in [-0.2, -0.15) is 0 Å². The number of benzene rings is 1. The predicted octanol–water partition coefficient (Wildman–Crippen LogP) is 2.39. The van der Waals surface area contributed by atoms with Crippen LogP contribution in [0.5, 0.6) is 0 Å². The lowest BCUT2D eigenvalue weighted by Gasteiger charge is -2.19. The van der Waals surface area contributed by atoms with Crippen LogP contribution in [-0.4, -0.2) is 18.3 Å². The molecular weight excluding hydrogens is 174 g/mol. The zero-order valence-corrected chi connectivity index (χ0v) is 9.17. The quantitative estimate of drug-likeness (QED) is 0.772. The number of aliphatic hydroxyl groups excluding tert-OH is 1. The minimum absolute atomic E-state index is 0.166. The van der Waals surface area contributed by atoms with Gasteiger partial charge < -0.3 is 10.4 Å². The summed E-state index contributed by atoms with van der Waals surface area (Å²) in [5.74, 6) is 0. The smallest absolute Gasteiger partial charge is 0.0604 e. The summed E-state index contributed by atoms with van der Waals surface area (Å²) in [5, 5.41) is 11.9. The molecule has 1 rings (SSSR count). The van der Waals surface area contributed by atoms with Crippen LogP contribution in [-0.2, 0) is 5.41 Å². The summed E-state index contributed by atoms with van der Waals surface area (Å²) in [4.78, 5) is 0. The molecule has 0 aliphatic carbocycles. The molecule has 78 valence electrons. The summed E-state index contributed by atoms with van der Waals surface area (Å²) in [6, 6.07) is 8.32. The van der Waals surface area contributed by atoms with Crippen molar-refractivity contribution in [2.24, 2.45) is 0 Å². The van der Waals surface area contributed by atoms with Crippen LogP contribution in [0.1, 0.15) is 26.3 Å². The Balaban J connectivity index is 2.79. The van der Waals surface area contributed by atoms with Gasteiger partial charge in [0.25, 0.3) is 0 Å². The molecule has 0 amide bonds. The Morgan fingerprint density at radius 3 is 2.57 bits per heavy atom. The van der Waals surface area contributed by atoms with Gasteiger partial charge in [-0.15, -0.1) is 0 Å². The van der Waals surface area contributed by atoms with Gasteiger partial charge in [-0.3, -0.25) is 0 Å². The van der Waals surface area contributed by atoms with Crippen LogP contribution in [0.4, 0.5) is 5.69 Å². The second-order valence-electron chi connectivity index (χ2n) is 4.48. The van der Waals surface area contributed by atoms with Crippen LogP contribution < -0.4 is 5.32 Å². The summed E-state index contributed by atoms with van der Waals surface area (Å²) in [6.45, 7) is 7.35. The molecule has 0 bridgehead atoms. The van der Waals surface area contributed by atoms with E-state index in [-0.39, 0.29) is 12.0 Å². The van der Waals surface area contributed by atoms with Crippen molar-refractivity contribution in [3.05, 3.63) is 29.8 Å². The zero-order valence-electron chi connectivity index (χ0n) is 9.17. The first-order valence-electron chi connectivity index (χ1n) is 4.99. The lowest BCUT2D eigenvalue weighted by atomic mass is 9.87. The molecule has 0 unspecified atom stereocenters. The molecule has 0 atom stereocenters. The molecule has 0 saturated carbocycles. The Kier molecular flexibility index (Phi) is 3.53. The highest BCUT2D eigenvalue weighted by molar-refractivity contribution is 5.47. The van der Waals surface area contributed by atoms with Crippen molar-refractivity contribution < 1.29 is 5.11 Å². The number of hydrogen-bond donors (Lipinski definition) is 2. The predicted molar refractivity (Wildman–Crippen MR) is 60.7 cm³/mol. The molecule has 1 aromatic carbocycles. The van der Waals surface area contributed by atoms with E-state index < -0.39 is 0 Å². The average molecular weight is 193 g/mol. The summed E-state index contributed by atoms with van der Waals surface area (Å²) in [6.07, 6.45) is 0. The molecule has 14 heavy (non-hydrogen) atoms. The number of anilines is 1. The van der Waals surface area contributed by atoms with E-state index in [0.717, 1.165) is 5.69 Å². The fraction of sp³-hybridized carbons (Fsp3) is 0.500. The van der Waals surface area contributed by atoms with Crippen LogP contribution >= 0.6 is 0 Å². The molecule has 0 radical (unpaired) electrons. The molecule has 2 nitrogen and oxygen atoms in total. The molecule has 2 heteroatoms. The second-order valence-corrected chi connectivity index (χ2v) is 4.48. The maximum Gasteiger partial charge on any atom is 0.0604 e. The number of rotatable bonds is 3. The first-order chi connectivity index (χ1) is 6.54. The first kappa shape index (κ1) is 11.1. The molecule has 2 N–H and O–H groups in total. The highest BCUT2D eigenvalue weighted by atomic mass is 16.3. The second kappa shape index (κ2) is 4.47. The van der Waals surface area contributed by atoms with Gasteiger partial charge in [-0.05, 0) is 23.1 Å². The first-order valence-corrected chi connectivity index (χ1v) is 4.99. The summed E-state index contributed by atoms with van der Waals surface area (Å²) >= 11 is 0. The standard InChI is InChI=1S/C12H19NO/c1-12(2,3)10-5-4-6-11(9-10)13-7-8-14/h4-6,9,13-14H,7-8H2,1-3H3. The fourth-order valence-electron chi connectivity index (χ4n) is 1.30. The van der Waals surface area contributed by atoms with Crippen LogP contribution in [0.15, 0.2) is 24.3 Å². The number of aliphatic hydroxyl groups is 1. The third-order valence-corrected chi connectivity index (χ3v) is 2.17. The van der Waals surface area contributed by atoms with Crippen molar-refractivity contribution in [2.45, 2.75) is 26.2 Å². The van der Waals surface area contributed by atoms with Crippen molar-refractivity contribution in [3.8, 4) is 0 Å². The topological polar surface area (TPSA) is 32.3 Å². The molecule has 0 spiro atoms. The minimum Gasteiger partial charge on any atom is -0.395 e. The summed E-state index contributed by atoms with van der Waals surface area (Å²) in [5.41, 5.74) is 2.56. The molecular formula is C12H19NO. The van der Waals surface area contributed by atoms with Crippen molar-refractivity contribution >= 4 is 5.69 Å². The molecule has 0 aromatic heterocycles. The Hall–Kier alpha value is -1.02. The molecule has 0 aliphatic rings. The van der Waals surface area contributed by atoms with Gasteiger partial charge in [-0.1, -0.05) is 32.9 Å². The van der Waals surface area contributed by atoms with E-state index in [0.29, 0.717) is 6.54 Å². The lowest BCUT2D eigenvalue weighted by Crippen LogP contribution is -2.12. The molecule has 0 saturated heterocycles. The Morgan fingerprint density at radius 1 is 1.29 bits per heavy atom. The van der Waals surface area contributed by atoms with E-state index in [1.54, 1.807) is 0 Å². The maximum absolute atomic E-state index is 8.69. The third-order valence-electron chi connectivity index (χ3n) is 2.17. The number of nitrogens with one attached hydrogen (secondary N) is 1. The molecule has 1 aromatic rings. The van der Waals surface area contributed by atoms with Gasteiger partial charge in [0.1, 0.15) is 0 Å². The molecule has 0 heterocycles. The average Bonchev–Trinajstić information content (AvgIpc) is 2.14. The molecule has 0 fully saturated rings. The summed E-state index contributed by atoms with van der Waals surface area (Å²) < 4.78 is 0. The van der Waals surface area contributed by atoms with Crippen LogP contribution in [0.3, 0.4) is 0 Å². The highest BCUT2D eigenvalue weighted by Gasteiger charge is 2.13. The van der Waals surface area contributed by atoms with E-state index >= 15 is 0 Å². The van der Waals surface area contributed by atoms with Crippen molar-refractivity contribution in [3.63, 3.8) is 0 Å². The normalized spacial score (nSPS) is 11.4. The Labute approximate surface area is 86.0 Å². The van der Waals surface area contributed by atoms with Crippen molar-refractivity contribution in [1.29, 1.82) is 0 Å². The highest BCUT2D eigenvalue weighted by Crippen LogP contribution is 2.24. The van der Waals surface area contributed by atoms with Gasteiger partial charge in [0.15, 0.2) is 0 Å². The monoisotopic (exact) mass is 193 g/mol. The van der Waals surface area contributed by atoms with Crippen molar-refractivity contribution in [1.82, 2.24) is 0 Å². The fourth-order valence-corrected chi connectivity index (χ4v) is 1.30. The van der Waals surface area contributed by atoms with E-state index in [4.69, 9.17) is 5.11 Å². The minimum atomic E-state index is 0.166. The number of hydrogen-bond acceptors (Lipinski definition) is 2. The van der Waals surface area contributed by atoms with Gasteiger partial charge >= 0.3 is 0 Å². The van der Waals surface area contributed by atoms with E-state index in [2.05, 4.69) is 38.2 Å². The van der Waals surface area contributed by atoms with E-state index in [9.17, 15) is 0 Å². The van der Waals surface area contributed by atoms with Gasteiger partial charge in [0.2, 0.25) is 0 Å². The van der Waals surface area contributed by atoms with E-state index in [1.807, 2.05) is 12.1 Å². The van der Waals surface area contributed by atoms with Crippen LogP contribution in [0.25, 0.3) is 0 Å².